The minimum absolute atomic E-state index is 0.395. The lowest BCUT2D eigenvalue weighted by atomic mass is 9.64. The van der Waals surface area contributed by atoms with Crippen molar-refractivity contribution >= 4 is 42.9 Å². The van der Waals surface area contributed by atoms with E-state index >= 15 is 0 Å². The number of rotatable bonds is 10. The fraction of sp³-hybridized carbons (Fsp3) is 0.0968. The van der Waals surface area contributed by atoms with Crippen molar-refractivity contribution < 1.29 is 0 Å². The summed E-state index contributed by atoms with van der Waals surface area (Å²) in [5.74, 6) is 0. The normalized spacial score (nSPS) is 15.9. The number of anilines is 2. The molecule has 64 heavy (non-hydrogen) atoms. The van der Waals surface area contributed by atoms with Crippen molar-refractivity contribution in [2.75, 3.05) is 4.90 Å². The molecule has 0 radical (unpaired) electrons. The van der Waals surface area contributed by atoms with Gasteiger partial charge in [0.15, 0.2) is 0 Å². The van der Waals surface area contributed by atoms with E-state index in [9.17, 15) is 0 Å². The molecule has 1 heterocycles. The van der Waals surface area contributed by atoms with E-state index < -0.39 is 5.41 Å². The Labute approximate surface area is 381 Å². The quantitative estimate of drug-likeness (QED) is 0.133. The summed E-state index contributed by atoms with van der Waals surface area (Å²) < 4.78 is 2.64. The highest BCUT2D eigenvalue weighted by atomic mass is 32.1. The standard InChI is InChI=1S/C62H49NS/c1-3-19-53-56-41-46(35-39-58(56)62(57(53)4-2,48-23-10-6-11-24-48)49-25-12-7-13-26-49)44-32-36-50(37-33-44)63(51-27-18-22-45(40-51)43-20-8-5-9-21-43)59-30-16-14-28-52(59)47-34-38-55-54-29-15-17-31-60(54)64-61(55)42-47/h3-32,34,36,38,40-42H,2,33,35,37,39H2,1H3/b19-3-. The Hall–Kier alpha value is -7.26. The maximum atomic E-state index is 4.47. The third-order valence-electron chi connectivity index (χ3n) is 13.5. The number of fused-ring (bicyclic) bond motifs is 3. The summed E-state index contributed by atoms with van der Waals surface area (Å²) in [5.41, 5.74) is 18.9. The molecule has 0 atom stereocenters. The molecule has 7 aromatic carbocycles. The van der Waals surface area contributed by atoms with Gasteiger partial charge in [0, 0.05) is 37.1 Å². The zero-order chi connectivity index (χ0) is 43.0. The van der Waals surface area contributed by atoms with Gasteiger partial charge in [-0.1, -0.05) is 189 Å². The number of hydrogen-bond acceptors (Lipinski definition) is 2. The smallest absolute Gasteiger partial charge is 0.0676 e. The third-order valence-corrected chi connectivity index (χ3v) is 14.7. The molecule has 1 nitrogen and oxygen atoms in total. The molecule has 0 unspecified atom stereocenters. The average molecular weight is 840 g/mol. The second kappa shape index (κ2) is 16.8. The third kappa shape index (κ3) is 6.69. The lowest BCUT2D eigenvalue weighted by Gasteiger charge is -2.38. The molecule has 0 saturated carbocycles. The molecular formula is C62H49NS. The Morgan fingerprint density at radius 1 is 0.562 bits per heavy atom. The van der Waals surface area contributed by atoms with Gasteiger partial charge < -0.3 is 4.90 Å². The van der Waals surface area contributed by atoms with Gasteiger partial charge in [-0.05, 0) is 130 Å². The fourth-order valence-corrected chi connectivity index (χ4v) is 11.9. The van der Waals surface area contributed by atoms with E-state index in [-0.39, 0.29) is 0 Å². The van der Waals surface area contributed by atoms with Crippen LogP contribution in [0.3, 0.4) is 0 Å². The summed E-state index contributed by atoms with van der Waals surface area (Å²) in [4.78, 5) is 2.52. The van der Waals surface area contributed by atoms with Crippen LogP contribution in [0.2, 0.25) is 0 Å². The Balaban J connectivity index is 1.03. The Morgan fingerprint density at radius 2 is 1.23 bits per heavy atom. The van der Waals surface area contributed by atoms with Crippen molar-refractivity contribution in [2.24, 2.45) is 0 Å². The largest absolute Gasteiger partial charge is 0.314 e. The van der Waals surface area contributed by atoms with Crippen LogP contribution < -0.4 is 4.90 Å². The van der Waals surface area contributed by atoms with Gasteiger partial charge in [-0.15, -0.1) is 11.3 Å². The van der Waals surface area contributed by atoms with Gasteiger partial charge in [0.1, 0.15) is 0 Å². The molecule has 0 N–H and O–H groups in total. The van der Waals surface area contributed by atoms with E-state index in [0.29, 0.717) is 0 Å². The van der Waals surface area contributed by atoms with Gasteiger partial charge in [-0.25, -0.2) is 0 Å². The van der Waals surface area contributed by atoms with Crippen LogP contribution in [-0.2, 0) is 5.41 Å². The molecular weight excluding hydrogens is 791 g/mol. The first-order chi connectivity index (χ1) is 31.6. The molecule has 0 aliphatic heterocycles. The molecule has 0 spiro atoms. The first-order valence-electron chi connectivity index (χ1n) is 22.6. The fourth-order valence-electron chi connectivity index (χ4n) is 10.7. The van der Waals surface area contributed by atoms with Gasteiger partial charge in [0.05, 0.1) is 11.1 Å². The van der Waals surface area contributed by atoms with Crippen LogP contribution in [0.5, 0.6) is 0 Å². The van der Waals surface area contributed by atoms with Gasteiger partial charge in [0.25, 0.3) is 0 Å². The van der Waals surface area contributed by atoms with E-state index in [1.165, 1.54) is 98.4 Å². The number of benzene rings is 7. The number of allylic oxidation sites excluding steroid dienone is 13. The zero-order valence-corrected chi connectivity index (χ0v) is 37.0. The van der Waals surface area contributed by atoms with Crippen molar-refractivity contribution in [3.8, 4) is 22.3 Å². The topological polar surface area (TPSA) is 3.24 Å². The number of thiophene rings is 1. The Kier molecular flexibility index (Phi) is 10.4. The predicted octanol–water partition coefficient (Wildman–Crippen LogP) is 17.2. The molecule has 8 aromatic rings. The van der Waals surface area contributed by atoms with Crippen molar-refractivity contribution in [3.05, 3.63) is 275 Å². The highest BCUT2D eigenvalue weighted by Crippen LogP contribution is 2.58. The highest BCUT2D eigenvalue weighted by molar-refractivity contribution is 7.25. The van der Waals surface area contributed by atoms with Crippen molar-refractivity contribution in [1.29, 1.82) is 0 Å². The maximum absolute atomic E-state index is 4.47. The summed E-state index contributed by atoms with van der Waals surface area (Å²) in [7, 11) is 0. The van der Waals surface area contributed by atoms with Gasteiger partial charge in [-0.2, -0.15) is 0 Å². The van der Waals surface area contributed by atoms with Gasteiger partial charge in [0.2, 0.25) is 0 Å². The first-order valence-corrected chi connectivity index (χ1v) is 23.4. The number of para-hydroxylation sites is 1. The van der Waals surface area contributed by atoms with Crippen molar-refractivity contribution in [1.82, 2.24) is 0 Å². The summed E-state index contributed by atoms with van der Waals surface area (Å²) in [6.45, 7) is 6.60. The average Bonchev–Trinajstić information content (AvgIpc) is 3.88. The van der Waals surface area contributed by atoms with E-state index in [1.807, 2.05) is 11.3 Å². The van der Waals surface area contributed by atoms with Gasteiger partial charge >= 0.3 is 0 Å². The highest BCUT2D eigenvalue weighted by Gasteiger charge is 2.48. The first kappa shape index (κ1) is 39.6. The molecule has 0 fully saturated rings. The van der Waals surface area contributed by atoms with Crippen LogP contribution in [0.15, 0.2) is 264 Å². The molecule has 1 aromatic heterocycles. The SMILES string of the molecule is C=CC1=C(/C=C\C)C2=C(CCC(C3=CC=C(N(c4cccc(-c5ccccc5)c4)c4ccccc4-c4ccc5c(c4)sc4ccccc45)CC3)=C2)C1(c1ccccc1)c1ccccc1. The molecule has 0 saturated heterocycles. The van der Waals surface area contributed by atoms with E-state index in [2.05, 4.69) is 237 Å². The zero-order valence-electron chi connectivity index (χ0n) is 36.2. The lowest BCUT2D eigenvalue weighted by Crippen LogP contribution is -2.31. The minimum atomic E-state index is -0.395. The Bertz CT molecular complexity index is 3240. The molecule has 0 amide bonds. The van der Waals surface area contributed by atoms with Crippen molar-refractivity contribution in [3.63, 3.8) is 0 Å². The monoisotopic (exact) mass is 839 g/mol. The summed E-state index contributed by atoms with van der Waals surface area (Å²) >= 11 is 1.88. The number of hydrogen-bond donors (Lipinski definition) is 0. The molecule has 3 aliphatic carbocycles. The summed E-state index contributed by atoms with van der Waals surface area (Å²) in [6, 6.07) is 66.7. The Morgan fingerprint density at radius 3 is 1.97 bits per heavy atom. The summed E-state index contributed by atoms with van der Waals surface area (Å²) in [6.07, 6.45) is 17.8. The second-order valence-electron chi connectivity index (χ2n) is 17.0. The van der Waals surface area contributed by atoms with Crippen LogP contribution in [0.25, 0.3) is 42.4 Å². The van der Waals surface area contributed by atoms with Gasteiger partial charge in [-0.3, -0.25) is 0 Å². The molecule has 3 aliphatic rings. The number of nitrogens with zero attached hydrogens (tertiary/aromatic N) is 1. The van der Waals surface area contributed by atoms with Crippen LogP contribution in [-0.4, -0.2) is 0 Å². The lowest BCUT2D eigenvalue weighted by molar-refractivity contribution is 0.679. The van der Waals surface area contributed by atoms with E-state index in [0.717, 1.165) is 31.4 Å². The molecule has 2 heteroatoms. The second-order valence-corrected chi connectivity index (χ2v) is 18.1. The maximum Gasteiger partial charge on any atom is 0.0676 e. The van der Waals surface area contributed by atoms with Crippen LogP contribution in [0, 0.1) is 0 Å². The van der Waals surface area contributed by atoms with E-state index in [1.54, 1.807) is 0 Å². The molecule has 308 valence electrons. The van der Waals surface area contributed by atoms with Crippen LogP contribution in [0.1, 0.15) is 43.7 Å². The predicted molar refractivity (Wildman–Crippen MR) is 274 cm³/mol. The molecule has 0 bridgehead atoms. The van der Waals surface area contributed by atoms with Crippen LogP contribution in [0.4, 0.5) is 11.4 Å². The summed E-state index contributed by atoms with van der Waals surface area (Å²) in [5, 5.41) is 2.64. The van der Waals surface area contributed by atoms with Crippen molar-refractivity contribution in [2.45, 2.75) is 38.0 Å². The van der Waals surface area contributed by atoms with Crippen LogP contribution >= 0.6 is 11.3 Å². The molecule has 11 rings (SSSR count). The minimum Gasteiger partial charge on any atom is -0.314 e. The van der Waals surface area contributed by atoms with E-state index in [4.69, 9.17) is 0 Å².